The Kier molecular flexibility index (Phi) is 5.52. The molecule has 1 unspecified atom stereocenters. The van der Waals surface area contributed by atoms with Crippen LogP contribution in [0.1, 0.15) is 38.2 Å². The lowest BCUT2D eigenvalue weighted by atomic mass is 9.97. The van der Waals surface area contributed by atoms with E-state index in [1.807, 2.05) is 13.0 Å². The van der Waals surface area contributed by atoms with E-state index in [2.05, 4.69) is 5.32 Å². The van der Waals surface area contributed by atoms with E-state index in [0.717, 1.165) is 12.0 Å². The van der Waals surface area contributed by atoms with Crippen molar-refractivity contribution in [2.24, 2.45) is 11.8 Å². The Balaban J connectivity index is 1.76. The van der Waals surface area contributed by atoms with E-state index in [4.69, 9.17) is 5.11 Å². The van der Waals surface area contributed by atoms with Crippen molar-refractivity contribution >= 4 is 11.9 Å². The summed E-state index contributed by atoms with van der Waals surface area (Å²) >= 11 is 0. The van der Waals surface area contributed by atoms with Gasteiger partial charge in [-0.25, -0.2) is 4.39 Å². The average Bonchev–Trinajstić information content (AvgIpc) is 2.86. The van der Waals surface area contributed by atoms with Gasteiger partial charge in [-0.2, -0.15) is 0 Å². The fraction of sp³-hybridized carbons (Fsp3) is 0.529. The van der Waals surface area contributed by atoms with Crippen LogP contribution in [0, 0.1) is 17.7 Å². The molecular formula is C17H22FNO3. The van der Waals surface area contributed by atoms with Gasteiger partial charge in [-0.1, -0.05) is 19.1 Å². The number of carbonyl (C=O) groups excluding carboxylic acids is 1. The maximum absolute atomic E-state index is 13.1. The fourth-order valence-electron chi connectivity index (χ4n) is 3.08. The van der Waals surface area contributed by atoms with Gasteiger partial charge in [0.2, 0.25) is 5.91 Å². The Labute approximate surface area is 129 Å². The first-order valence-electron chi connectivity index (χ1n) is 7.70. The molecule has 1 aromatic carbocycles. The second-order valence-corrected chi connectivity index (χ2v) is 6.26. The number of nitrogens with one attached hydrogen (secondary N) is 1. The largest absolute Gasteiger partial charge is 0.481 e. The Hall–Kier alpha value is -1.91. The van der Waals surface area contributed by atoms with Crippen LogP contribution in [0.3, 0.4) is 0 Å². The lowest BCUT2D eigenvalue weighted by Crippen LogP contribution is -2.34. The molecule has 0 bridgehead atoms. The summed E-state index contributed by atoms with van der Waals surface area (Å²) in [6, 6.07) is 6.38. The molecule has 1 saturated carbocycles. The first-order valence-corrected chi connectivity index (χ1v) is 7.70. The first-order chi connectivity index (χ1) is 10.4. The molecule has 0 radical (unpaired) electrons. The Bertz CT molecular complexity index is 546. The standard InChI is InChI=1S/C17H22FNO3/c1-11(7-12-3-2-4-14(18)9-12)8-16(20)19-15-6-5-13(10-15)17(21)22/h2-4,9,11,13,15H,5-8,10H2,1H3,(H,19,20)(H,21,22)/t11?,13-,15+/m0/s1. The molecule has 1 amide bonds. The van der Waals surface area contributed by atoms with Crippen LogP contribution in [0.4, 0.5) is 4.39 Å². The number of hydrogen-bond acceptors (Lipinski definition) is 2. The number of hydrogen-bond donors (Lipinski definition) is 2. The molecule has 120 valence electrons. The van der Waals surface area contributed by atoms with Crippen LogP contribution in [0.15, 0.2) is 24.3 Å². The zero-order chi connectivity index (χ0) is 16.1. The molecule has 1 aliphatic rings. The maximum atomic E-state index is 13.1. The van der Waals surface area contributed by atoms with Gasteiger partial charge in [0.25, 0.3) is 0 Å². The molecule has 0 aromatic heterocycles. The molecule has 1 fully saturated rings. The smallest absolute Gasteiger partial charge is 0.306 e. The topological polar surface area (TPSA) is 66.4 Å². The Morgan fingerprint density at radius 2 is 2.18 bits per heavy atom. The zero-order valence-electron chi connectivity index (χ0n) is 12.7. The lowest BCUT2D eigenvalue weighted by Gasteiger charge is -2.15. The van der Waals surface area contributed by atoms with Crippen LogP contribution in [-0.4, -0.2) is 23.0 Å². The number of benzene rings is 1. The molecule has 22 heavy (non-hydrogen) atoms. The van der Waals surface area contributed by atoms with Crippen molar-refractivity contribution in [3.8, 4) is 0 Å². The molecule has 1 aromatic rings. The van der Waals surface area contributed by atoms with Crippen LogP contribution in [0.25, 0.3) is 0 Å². The van der Waals surface area contributed by atoms with E-state index >= 15 is 0 Å². The summed E-state index contributed by atoms with van der Waals surface area (Å²) in [6.45, 7) is 1.96. The third kappa shape index (κ3) is 4.83. The predicted molar refractivity (Wildman–Crippen MR) is 80.8 cm³/mol. The van der Waals surface area contributed by atoms with Crippen molar-refractivity contribution in [1.82, 2.24) is 5.32 Å². The second-order valence-electron chi connectivity index (χ2n) is 6.26. The van der Waals surface area contributed by atoms with Crippen molar-refractivity contribution in [1.29, 1.82) is 0 Å². The number of carboxylic acids is 1. The molecule has 3 atom stereocenters. The Morgan fingerprint density at radius 3 is 2.82 bits per heavy atom. The molecule has 0 heterocycles. The van der Waals surface area contributed by atoms with Crippen molar-refractivity contribution < 1.29 is 19.1 Å². The summed E-state index contributed by atoms with van der Waals surface area (Å²) in [7, 11) is 0. The minimum absolute atomic E-state index is 0.0324. The van der Waals surface area contributed by atoms with Gasteiger partial charge in [-0.05, 0) is 49.3 Å². The molecule has 2 N–H and O–H groups in total. The SMILES string of the molecule is CC(CC(=O)N[C@@H]1CC[C@H](C(=O)O)C1)Cc1cccc(F)c1. The molecule has 0 aliphatic heterocycles. The van der Waals surface area contributed by atoms with Crippen LogP contribution in [-0.2, 0) is 16.0 Å². The second kappa shape index (κ2) is 7.38. The van der Waals surface area contributed by atoms with Gasteiger partial charge in [-0.3, -0.25) is 9.59 Å². The van der Waals surface area contributed by atoms with E-state index in [1.54, 1.807) is 6.07 Å². The van der Waals surface area contributed by atoms with E-state index < -0.39 is 5.97 Å². The third-order valence-corrected chi connectivity index (χ3v) is 4.15. The van der Waals surface area contributed by atoms with Crippen molar-refractivity contribution in [2.75, 3.05) is 0 Å². The van der Waals surface area contributed by atoms with Gasteiger partial charge in [0.05, 0.1) is 5.92 Å². The number of aliphatic carboxylic acids is 1. The molecule has 5 heteroatoms. The summed E-state index contributed by atoms with van der Waals surface area (Å²) in [4.78, 5) is 22.9. The number of carboxylic acid groups (broad SMARTS) is 1. The molecule has 1 aliphatic carbocycles. The van der Waals surface area contributed by atoms with Crippen molar-refractivity contribution in [3.63, 3.8) is 0 Å². The number of rotatable bonds is 6. The average molecular weight is 307 g/mol. The summed E-state index contributed by atoms with van der Waals surface area (Å²) in [6.07, 6.45) is 2.87. The Morgan fingerprint density at radius 1 is 1.41 bits per heavy atom. The fourth-order valence-corrected chi connectivity index (χ4v) is 3.08. The third-order valence-electron chi connectivity index (χ3n) is 4.15. The monoisotopic (exact) mass is 307 g/mol. The summed E-state index contributed by atoms with van der Waals surface area (Å²) < 4.78 is 13.1. The van der Waals surface area contributed by atoms with Gasteiger partial charge in [-0.15, -0.1) is 0 Å². The molecular weight excluding hydrogens is 285 g/mol. The number of halogens is 1. The van der Waals surface area contributed by atoms with Gasteiger partial charge in [0.15, 0.2) is 0 Å². The van der Waals surface area contributed by atoms with Gasteiger partial charge >= 0.3 is 5.97 Å². The quantitative estimate of drug-likeness (QED) is 0.849. The highest BCUT2D eigenvalue weighted by Gasteiger charge is 2.30. The highest BCUT2D eigenvalue weighted by atomic mass is 19.1. The number of carbonyl (C=O) groups is 2. The van der Waals surface area contributed by atoms with E-state index in [-0.39, 0.29) is 29.6 Å². The van der Waals surface area contributed by atoms with Crippen LogP contribution in [0.2, 0.25) is 0 Å². The van der Waals surface area contributed by atoms with E-state index in [1.165, 1.54) is 12.1 Å². The van der Waals surface area contributed by atoms with Crippen LogP contribution < -0.4 is 5.32 Å². The van der Waals surface area contributed by atoms with Crippen LogP contribution in [0.5, 0.6) is 0 Å². The predicted octanol–water partition coefficient (Wildman–Crippen LogP) is 2.76. The lowest BCUT2D eigenvalue weighted by molar-refractivity contribution is -0.141. The minimum Gasteiger partial charge on any atom is -0.481 e. The zero-order valence-corrected chi connectivity index (χ0v) is 12.7. The van der Waals surface area contributed by atoms with Gasteiger partial charge in [0.1, 0.15) is 5.82 Å². The molecule has 0 spiro atoms. The minimum atomic E-state index is -0.781. The highest BCUT2D eigenvalue weighted by molar-refractivity contribution is 5.77. The van der Waals surface area contributed by atoms with Crippen molar-refractivity contribution in [2.45, 2.75) is 45.1 Å². The van der Waals surface area contributed by atoms with Crippen molar-refractivity contribution in [3.05, 3.63) is 35.6 Å². The normalized spacial score (nSPS) is 22.3. The van der Waals surface area contributed by atoms with Gasteiger partial charge in [0, 0.05) is 12.5 Å². The first kappa shape index (κ1) is 16.5. The van der Waals surface area contributed by atoms with Gasteiger partial charge < -0.3 is 10.4 Å². The molecule has 4 nitrogen and oxygen atoms in total. The van der Waals surface area contributed by atoms with Crippen LogP contribution >= 0.6 is 0 Å². The molecule has 0 saturated heterocycles. The number of amides is 1. The summed E-state index contributed by atoms with van der Waals surface area (Å²) in [5.41, 5.74) is 0.882. The summed E-state index contributed by atoms with van der Waals surface area (Å²) in [5, 5.41) is 11.9. The molecule has 2 rings (SSSR count). The van der Waals surface area contributed by atoms with E-state index in [0.29, 0.717) is 25.7 Å². The maximum Gasteiger partial charge on any atom is 0.306 e. The highest BCUT2D eigenvalue weighted by Crippen LogP contribution is 2.26. The van der Waals surface area contributed by atoms with E-state index in [9.17, 15) is 14.0 Å². The summed E-state index contributed by atoms with van der Waals surface area (Å²) in [5.74, 6) is -1.33.